The van der Waals surface area contributed by atoms with Crippen LogP contribution in [0, 0.1) is 0 Å². The predicted octanol–water partition coefficient (Wildman–Crippen LogP) is 3.92. The number of anilines is 2. The predicted molar refractivity (Wildman–Crippen MR) is 113 cm³/mol. The van der Waals surface area contributed by atoms with Crippen LogP contribution in [0.5, 0.6) is 11.5 Å². The van der Waals surface area contributed by atoms with Gasteiger partial charge in [0.1, 0.15) is 17.1 Å². The minimum absolute atomic E-state index is 0.256. The first kappa shape index (κ1) is 20.8. The van der Waals surface area contributed by atoms with Gasteiger partial charge in [-0.1, -0.05) is 6.07 Å². The Labute approximate surface area is 171 Å². The summed E-state index contributed by atoms with van der Waals surface area (Å²) in [7, 11) is 0. The smallest absolute Gasteiger partial charge is 0.407 e. The Bertz CT molecular complexity index is 842. The van der Waals surface area contributed by atoms with Crippen molar-refractivity contribution in [1.29, 1.82) is 0 Å². The minimum atomic E-state index is -0.550. The molecule has 1 amide bonds. The van der Waals surface area contributed by atoms with E-state index in [9.17, 15) is 4.79 Å². The lowest BCUT2D eigenvalue weighted by Gasteiger charge is -2.29. The van der Waals surface area contributed by atoms with Crippen LogP contribution in [0.3, 0.4) is 0 Å². The van der Waals surface area contributed by atoms with Crippen molar-refractivity contribution in [1.82, 2.24) is 5.32 Å². The summed E-state index contributed by atoms with van der Waals surface area (Å²) in [5, 5.41) is 2.72. The number of rotatable bonds is 5. The van der Waals surface area contributed by atoms with Gasteiger partial charge in [-0.15, -0.1) is 0 Å². The van der Waals surface area contributed by atoms with Gasteiger partial charge in [0.15, 0.2) is 0 Å². The number of carbonyl (C=O) groups is 1. The van der Waals surface area contributed by atoms with Crippen molar-refractivity contribution in [2.45, 2.75) is 32.9 Å². The fourth-order valence-corrected chi connectivity index (χ4v) is 2.98. The normalized spacial score (nSPS) is 14.4. The molecule has 0 bridgehead atoms. The third-order valence-electron chi connectivity index (χ3n) is 4.37. The van der Waals surface area contributed by atoms with Gasteiger partial charge in [-0.25, -0.2) is 4.79 Å². The van der Waals surface area contributed by atoms with E-state index in [1.54, 1.807) is 6.07 Å². The molecule has 156 valence electrons. The molecule has 3 N–H and O–H groups in total. The van der Waals surface area contributed by atoms with Crippen LogP contribution >= 0.6 is 0 Å². The number of nitrogens with zero attached hydrogens (tertiary/aromatic N) is 1. The molecule has 2 aromatic carbocycles. The largest absolute Gasteiger partial charge is 0.457 e. The molecular weight excluding hydrogens is 370 g/mol. The lowest BCUT2D eigenvalue weighted by atomic mass is 10.1. The highest BCUT2D eigenvalue weighted by molar-refractivity contribution is 5.68. The third kappa shape index (κ3) is 6.29. The van der Waals surface area contributed by atoms with Crippen LogP contribution in [-0.2, 0) is 16.0 Å². The number of alkyl carbamates (subject to hydrolysis) is 1. The standard InChI is InChI=1S/C22H29N3O4/c1-22(2,3)29-21(26)24-15-16-13-19(7-8-20(16)23)28-18-6-4-5-17(14-18)25-9-11-27-12-10-25/h4-8,13-14H,9-12,15,23H2,1-3H3,(H,24,26). The van der Waals surface area contributed by atoms with E-state index in [1.165, 1.54) is 0 Å². The maximum absolute atomic E-state index is 11.9. The molecule has 0 saturated carbocycles. The number of carbonyl (C=O) groups excluding carboxylic acids is 1. The second-order valence-corrected chi connectivity index (χ2v) is 7.91. The summed E-state index contributed by atoms with van der Waals surface area (Å²) in [5.41, 5.74) is 7.95. The number of benzene rings is 2. The van der Waals surface area contributed by atoms with E-state index < -0.39 is 11.7 Å². The quantitative estimate of drug-likeness (QED) is 0.741. The minimum Gasteiger partial charge on any atom is -0.457 e. The monoisotopic (exact) mass is 399 g/mol. The van der Waals surface area contributed by atoms with Crippen LogP contribution in [-0.4, -0.2) is 38.0 Å². The number of nitrogens with one attached hydrogen (secondary N) is 1. The number of hydrogen-bond donors (Lipinski definition) is 2. The van der Waals surface area contributed by atoms with Crippen molar-refractivity contribution in [2.24, 2.45) is 0 Å². The zero-order chi connectivity index (χ0) is 20.9. The Kier molecular flexibility index (Phi) is 6.49. The van der Waals surface area contributed by atoms with Gasteiger partial charge < -0.3 is 30.2 Å². The van der Waals surface area contributed by atoms with Crippen LogP contribution in [0.4, 0.5) is 16.2 Å². The summed E-state index contributed by atoms with van der Waals surface area (Å²) in [6, 6.07) is 13.4. The molecule has 7 nitrogen and oxygen atoms in total. The highest BCUT2D eigenvalue weighted by Crippen LogP contribution is 2.28. The first-order chi connectivity index (χ1) is 13.8. The van der Waals surface area contributed by atoms with E-state index in [0.717, 1.165) is 43.3 Å². The lowest BCUT2D eigenvalue weighted by molar-refractivity contribution is 0.0523. The molecule has 1 aliphatic rings. The van der Waals surface area contributed by atoms with Gasteiger partial charge >= 0.3 is 6.09 Å². The van der Waals surface area contributed by atoms with Crippen molar-refractivity contribution in [3.05, 3.63) is 48.0 Å². The van der Waals surface area contributed by atoms with Gasteiger partial charge in [0, 0.05) is 37.1 Å². The SMILES string of the molecule is CC(C)(C)OC(=O)NCc1cc(Oc2cccc(N3CCOCC3)c2)ccc1N. The van der Waals surface area contributed by atoms with Crippen LogP contribution in [0.25, 0.3) is 0 Å². The molecule has 1 saturated heterocycles. The number of nitrogen functional groups attached to an aromatic ring is 1. The van der Waals surface area contributed by atoms with Crippen molar-refractivity contribution < 1.29 is 19.0 Å². The fourth-order valence-electron chi connectivity index (χ4n) is 2.98. The molecule has 0 unspecified atom stereocenters. The van der Waals surface area contributed by atoms with E-state index in [0.29, 0.717) is 11.4 Å². The van der Waals surface area contributed by atoms with Gasteiger partial charge in [0.05, 0.1) is 13.2 Å². The number of nitrogens with two attached hydrogens (primary N) is 1. The molecule has 29 heavy (non-hydrogen) atoms. The molecule has 7 heteroatoms. The molecule has 0 atom stereocenters. The van der Waals surface area contributed by atoms with Gasteiger partial charge in [-0.3, -0.25) is 0 Å². The summed E-state index contributed by atoms with van der Waals surface area (Å²) in [6.07, 6.45) is -0.485. The summed E-state index contributed by atoms with van der Waals surface area (Å²) < 4.78 is 16.7. The number of ether oxygens (including phenoxy) is 3. The van der Waals surface area contributed by atoms with Gasteiger partial charge in [-0.05, 0) is 56.7 Å². The molecule has 0 aromatic heterocycles. The average Bonchev–Trinajstić information content (AvgIpc) is 2.68. The Balaban J connectivity index is 1.66. The molecular formula is C22H29N3O4. The van der Waals surface area contributed by atoms with E-state index in [2.05, 4.69) is 16.3 Å². The van der Waals surface area contributed by atoms with Crippen molar-refractivity contribution in [3.8, 4) is 11.5 Å². The Morgan fingerprint density at radius 1 is 1.14 bits per heavy atom. The van der Waals surface area contributed by atoms with Crippen molar-refractivity contribution in [2.75, 3.05) is 36.9 Å². The first-order valence-electron chi connectivity index (χ1n) is 9.76. The second kappa shape index (κ2) is 9.05. The van der Waals surface area contributed by atoms with E-state index in [4.69, 9.17) is 19.9 Å². The highest BCUT2D eigenvalue weighted by Gasteiger charge is 2.16. The maximum atomic E-state index is 11.9. The van der Waals surface area contributed by atoms with E-state index in [1.807, 2.05) is 51.1 Å². The molecule has 0 aliphatic carbocycles. The van der Waals surface area contributed by atoms with Crippen molar-refractivity contribution in [3.63, 3.8) is 0 Å². The summed E-state index contributed by atoms with van der Waals surface area (Å²) in [5.74, 6) is 1.39. The zero-order valence-corrected chi connectivity index (χ0v) is 17.2. The van der Waals surface area contributed by atoms with Crippen LogP contribution in [0.1, 0.15) is 26.3 Å². The molecule has 1 fully saturated rings. The van der Waals surface area contributed by atoms with Crippen LogP contribution in [0.2, 0.25) is 0 Å². The Morgan fingerprint density at radius 2 is 1.86 bits per heavy atom. The lowest BCUT2D eigenvalue weighted by Crippen LogP contribution is -2.36. The molecule has 1 heterocycles. The second-order valence-electron chi connectivity index (χ2n) is 7.91. The molecule has 0 spiro atoms. The Hall–Kier alpha value is -2.93. The average molecular weight is 399 g/mol. The summed E-state index contributed by atoms with van der Waals surface area (Å²) >= 11 is 0. The van der Waals surface area contributed by atoms with Gasteiger partial charge in [-0.2, -0.15) is 0 Å². The van der Waals surface area contributed by atoms with Crippen LogP contribution < -0.4 is 20.7 Å². The van der Waals surface area contributed by atoms with Gasteiger partial charge in [0.25, 0.3) is 0 Å². The highest BCUT2D eigenvalue weighted by atomic mass is 16.6. The molecule has 2 aromatic rings. The number of morpholine rings is 1. The van der Waals surface area contributed by atoms with E-state index >= 15 is 0 Å². The first-order valence-corrected chi connectivity index (χ1v) is 9.76. The summed E-state index contributed by atoms with van der Waals surface area (Å²) in [6.45, 7) is 8.92. The van der Waals surface area contributed by atoms with Crippen molar-refractivity contribution >= 4 is 17.5 Å². The Morgan fingerprint density at radius 3 is 2.59 bits per heavy atom. The third-order valence-corrected chi connectivity index (χ3v) is 4.37. The fraction of sp³-hybridized carbons (Fsp3) is 0.409. The number of amides is 1. The van der Waals surface area contributed by atoms with Gasteiger partial charge in [0.2, 0.25) is 0 Å². The molecule has 3 rings (SSSR count). The molecule has 1 aliphatic heterocycles. The van der Waals surface area contributed by atoms with E-state index in [-0.39, 0.29) is 6.54 Å². The summed E-state index contributed by atoms with van der Waals surface area (Å²) in [4.78, 5) is 14.2. The molecule has 0 radical (unpaired) electrons. The number of hydrogen-bond acceptors (Lipinski definition) is 6. The topological polar surface area (TPSA) is 86.0 Å². The maximum Gasteiger partial charge on any atom is 0.407 e. The zero-order valence-electron chi connectivity index (χ0n) is 17.2. The van der Waals surface area contributed by atoms with Crippen LogP contribution in [0.15, 0.2) is 42.5 Å².